The molecule has 19 heavy (non-hydrogen) atoms. The Labute approximate surface area is 116 Å². The summed E-state index contributed by atoms with van der Waals surface area (Å²) in [5.74, 6) is -1.04. The van der Waals surface area contributed by atoms with Gasteiger partial charge >= 0.3 is 5.97 Å². The van der Waals surface area contributed by atoms with Crippen LogP contribution in [0.3, 0.4) is 0 Å². The van der Waals surface area contributed by atoms with Crippen molar-refractivity contribution in [3.8, 4) is 0 Å². The number of hydrogen-bond acceptors (Lipinski definition) is 4. The third-order valence-corrected chi connectivity index (χ3v) is 4.43. The number of carbonyl (C=O) groups is 2. The van der Waals surface area contributed by atoms with Gasteiger partial charge in [0.2, 0.25) is 5.91 Å². The normalized spacial score (nSPS) is 24.1. The van der Waals surface area contributed by atoms with E-state index in [1.54, 1.807) is 0 Å². The van der Waals surface area contributed by atoms with E-state index in [0.717, 1.165) is 17.8 Å². The lowest BCUT2D eigenvalue weighted by molar-refractivity contribution is -0.137. The molecule has 3 unspecified atom stereocenters. The molecule has 0 bridgehead atoms. The van der Waals surface area contributed by atoms with Crippen LogP contribution in [0.4, 0.5) is 0 Å². The second kappa shape index (κ2) is 6.16. The Morgan fingerprint density at radius 3 is 2.95 bits per heavy atom. The quantitative estimate of drug-likeness (QED) is 0.762. The molecule has 1 aromatic heterocycles. The SMILES string of the molecule is CC1NCCC1C(=O)NC(CC(=O)O)c1cccs1. The molecular formula is C13H18N2O3S. The van der Waals surface area contributed by atoms with Crippen molar-refractivity contribution < 1.29 is 14.7 Å². The fourth-order valence-corrected chi connectivity index (χ4v) is 3.16. The van der Waals surface area contributed by atoms with Crippen LogP contribution in [0, 0.1) is 5.92 Å². The van der Waals surface area contributed by atoms with Crippen LogP contribution in [-0.2, 0) is 9.59 Å². The van der Waals surface area contributed by atoms with Crippen molar-refractivity contribution >= 4 is 23.2 Å². The number of hydrogen-bond donors (Lipinski definition) is 3. The number of carbonyl (C=O) groups excluding carboxylic acids is 1. The van der Waals surface area contributed by atoms with Crippen molar-refractivity contribution in [1.29, 1.82) is 0 Å². The molecule has 1 aliphatic heterocycles. The maximum absolute atomic E-state index is 12.2. The number of carboxylic acids is 1. The Balaban J connectivity index is 2.03. The molecule has 0 saturated carbocycles. The fraction of sp³-hybridized carbons (Fsp3) is 0.538. The summed E-state index contributed by atoms with van der Waals surface area (Å²) in [4.78, 5) is 24.0. The van der Waals surface area contributed by atoms with Gasteiger partial charge in [-0.25, -0.2) is 0 Å². The second-order valence-electron chi connectivity index (χ2n) is 4.81. The number of nitrogens with one attached hydrogen (secondary N) is 2. The molecule has 1 fully saturated rings. The molecule has 2 heterocycles. The van der Waals surface area contributed by atoms with Gasteiger partial charge in [-0.05, 0) is 31.3 Å². The van der Waals surface area contributed by atoms with Crippen LogP contribution >= 0.6 is 11.3 Å². The molecule has 1 saturated heterocycles. The molecule has 1 aliphatic rings. The summed E-state index contributed by atoms with van der Waals surface area (Å²) >= 11 is 1.46. The molecule has 104 valence electrons. The Hall–Kier alpha value is -1.40. The predicted octanol–water partition coefficient (Wildman–Crippen LogP) is 1.38. The van der Waals surface area contributed by atoms with Gasteiger partial charge in [0.05, 0.1) is 18.4 Å². The monoisotopic (exact) mass is 282 g/mol. The third kappa shape index (κ3) is 3.54. The lowest BCUT2D eigenvalue weighted by atomic mass is 10.0. The number of carboxylic acid groups (broad SMARTS) is 1. The average Bonchev–Trinajstić information content (AvgIpc) is 2.97. The number of aliphatic carboxylic acids is 1. The summed E-state index contributed by atoms with van der Waals surface area (Å²) in [7, 11) is 0. The van der Waals surface area contributed by atoms with Crippen molar-refractivity contribution in [3.63, 3.8) is 0 Å². The van der Waals surface area contributed by atoms with Gasteiger partial charge in [0, 0.05) is 10.9 Å². The summed E-state index contributed by atoms with van der Waals surface area (Å²) in [5, 5.41) is 16.9. The van der Waals surface area contributed by atoms with E-state index in [4.69, 9.17) is 5.11 Å². The smallest absolute Gasteiger partial charge is 0.305 e. The minimum absolute atomic E-state index is 0.0582. The van der Waals surface area contributed by atoms with Crippen molar-refractivity contribution in [1.82, 2.24) is 10.6 Å². The minimum atomic E-state index is -0.906. The van der Waals surface area contributed by atoms with E-state index in [2.05, 4.69) is 10.6 Å². The zero-order valence-electron chi connectivity index (χ0n) is 10.8. The van der Waals surface area contributed by atoms with E-state index in [1.165, 1.54) is 11.3 Å². The van der Waals surface area contributed by atoms with E-state index in [-0.39, 0.29) is 24.3 Å². The first-order valence-corrected chi connectivity index (χ1v) is 7.25. The van der Waals surface area contributed by atoms with Crippen LogP contribution in [0.15, 0.2) is 17.5 Å². The average molecular weight is 282 g/mol. The third-order valence-electron chi connectivity index (χ3n) is 3.44. The maximum Gasteiger partial charge on any atom is 0.305 e. The van der Waals surface area contributed by atoms with Crippen molar-refractivity contribution in [2.75, 3.05) is 6.54 Å². The zero-order valence-corrected chi connectivity index (χ0v) is 11.6. The van der Waals surface area contributed by atoms with Crippen LogP contribution in [0.2, 0.25) is 0 Å². The molecule has 3 N–H and O–H groups in total. The van der Waals surface area contributed by atoms with E-state index in [0.29, 0.717) is 0 Å². The van der Waals surface area contributed by atoms with E-state index in [1.807, 2.05) is 24.4 Å². The molecule has 5 nitrogen and oxygen atoms in total. The highest BCUT2D eigenvalue weighted by Gasteiger charge is 2.31. The van der Waals surface area contributed by atoms with Gasteiger partial charge in [-0.3, -0.25) is 9.59 Å². The summed E-state index contributed by atoms with van der Waals surface area (Å²) < 4.78 is 0. The van der Waals surface area contributed by atoms with Crippen LogP contribution in [0.1, 0.15) is 30.7 Å². The van der Waals surface area contributed by atoms with E-state index in [9.17, 15) is 9.59 Å². The Kier molecular flexibility index (Phi) is 4.55. The molecule has 0 aromatic carbocycles. The molecule has 3 atom stereocenters. The van der Waals surface area contributed by atoms with Crippen molar-refractivity contribution in [3.05, 3.63) is 22.4 Å². The van der Waals surface area contributed by atoms with Gasteiger partial charge in [0.25, 0.3) is 0 Å². The summed E-state index contributed by atoms with van der Waals surface area (Å²) in [6, 6.07) is 3.43. The van der Waals surface area contributed by atoms with Crippen molar-refractivity contribution in [2.24, 2.45) is 5.92 Å². The predicted molar refractivity (Wildman–Crippen MR) is 73.0 cm³/mol. The van der Waals surface area contributed by atoms with Gasteiger partial charge in [0.15, 0.2) is 0 Å². The fourth-order valence-electron chi connectivity index (χ4n) is 2.38. The van der Waals surface area contributed by atoms with Crippen LogP contribution in [0.5, 0.6) is 0 Å². The first-order chi connectivity index (χ1) is 9.08. The van der Waals surface area contributed by atoms with Gasteiger partial charge < -0.3 is 15.7 Å². The van der Waals surface area contributed by atoms with Gasteiger partial charge in [0.1, 0.15) is 0 Å². The summed E-state index contributed by atoms with van der Waals surface area (Å²) in [6.07, 6.45) is 0.720. The molecule has 6 heteroatoms. The van der Waals surface area contributed by atoms with Crippen LogP contribution in [0.25, 0.3) is 0 Å². The molecule has 1 aromatic rings. The van der Waals surface area contributed by atoms with Crippen LogP contribution in [-0.4, -0.2) is 29.6 Å². The maximum atomic E-state index is 12.2. The number of rotatable bonds is 5. The summed E-state index contributed by atoms with van der Waals surface area (Å²) in [6.45, 7) is 2.82. The topological polar surface area (TPSA) is 78.4 Å². The van der Waals surface area contributed by atoms with Gasteiger partial charge in [-0.1, -0.05) is 6.07 Å². The molecule has 0 spiro atoms. The Morgan fingerprint density at radius 1 is 1.63 bits per heavy atom. The molecule has 0 radical (unpaired) electrons. The molecular weight excluding hydrogens is 264 g/mol. The largest absolute Gasteiger partial charge is 0.481 e. The highest BCUT2D eigenvalue weighted by Crippen LogP contribution is 2.24. The van der Waals surface area contributed by atoms with Gasteiger partial charge in [-0.15, -0.1) is 11.3 Å². The van der Waals surface area contributed by atoms with E-state index < -0.39 is 12.0 Å². The molecule has 1 amide bonds. The lowest BCUT2D eigenvalue weighted by Crippen LogP contribution is -2.39. The number of amides is 1. The van der Waals surface area contributed by atoms with Gasteiger partial charge in [-0.2, -0.15) is 0 Å². The number of thiophene rings is 1. The summed E-state index contributed by atoms with van der Waals surface area (Å²) in [5.41, 5.74) is 0. The first kappa shape index (κ1) is 14.0. The highest BCUT2D eigenvalue weighted by molar-refractivity contribution is 7.10. The zero-order chi connectivity index (χ0) is 13.8. The van der Waals surface area contributed by atoms with E-state index >= 15 is 0 Å². The first-order valence-electron chi connectivity index (χ1n) is 6.37. The molecule has 2 rings (SSSR count). The lowest BCUT2D eigenvalue weighted by Gasteiger charge is -2.20. The highest BCUT2D eigenvalue weighted by atomic mass is 32.1. The Bertz CT molecular complexity index is 447. The molecule has 0 aliphatic carbocycles. The minimum Gasteiger partial charge on any atom is -0.481 e. The standard InChI is InChI=1S/C13H18N2O3S/c1-8-9(4-5-14-8)13(18)15-10(7-12(16)17)11-3-2-6-19-11/h2-3,6,8-10,14H,4-5,7H2,1H3,(H,15,18)(H,16,17). The van der Waals surface area contributed by atoms with Crippen LogP contribution < -0.4 is 10.6 Å². The Morgan fingerprint density at radius 2 is 2.42 bits per heavy atom. The van der Waals surface area contributed by atoms with Crippen molar-refractivity contribution in [2.45, 2.75) is 31.8 Å². The second-order valence-corrected chi connectivity index (χ2v) is 5.79.